The van der Waals surface area contributed by atoms with Gasteiger partial charge in [-0.1, -0.05) is 29.8 Å². The highest BCUT2D eigenvalue weighted by Gasteiger charge is 2.27. The van der Waals surface area contributed by atoms with Crippen molar-refractivity contribution < 1.29 is 9.59 Å². The van der Waals surface area contributed by atoms with Gasteiger partial charge in [0.05, 0.1) is 0 Å². The van der Waals surface area contributed by atoms with Gasteiger partial charge in [-0.15, -0.1) is 0 Å². The van der Waals surface area contributed by atoms with Gasteiger partial charge in [-0.3, -0.25) is 9.59 Å². The second-order valence-corrected chi connectivity index (χ2v) is 3.71. The predicted octanol–water partition coefficient (Wildman–Crippen LogP) is 2.95. The number of hydrogen-bond donors (Lipinski definition) is 0. The molecule has 74 valence electrons. The molecule has 0 saturated carbocycles. The highest BCUT2D eigenvalue weighted by molar-refractivity contribution is 6.74. The van der Waals surface area contributed by atoms with Crippen LogP contribution in [0.15, 0.2) is 24.3 Å². The van der Waals surface area contributed by atoms with Crippen LogP contribution in [-0.4, -0.2) is 10.5 Å². The van der Waals surface area contributed by atoms with Crippen molar-refractivity contribution in [3.8, 4) is 0 Å². The Hall–Kier alpha value is -0.570. The van der Waals surface area contributed by atoms with Gasteiger partial charge in [0.25, 0.3) is 0 Å². The quantitative estimate of drug-likeness (QED) is 0.611. The van der Waals surface area contributed by atoms with Gasteiger partial charge in [0, 0.05) is 5.02 Å². The Morgan fingerprint density at radius 3 is 2.00 bits per heavy atom. The number of rotatable bonds is 3. The Morgan fingerprint density at radius 1 is 1.07 bits per heavy atom. The Bertz CT molecular complexity index is 362. The van der Waals surface area contributed by atoms with E-state index in [4.69, 9.17) is 34.8 Å². The van der Waals surface area contributed by atoms with Gasteiger partial charge >= 0.3 is 0 Å². The van der Waals surface area contributed by atoms with Crippen molar-refractivity contribution in [1.29, 1.82) is 0 Å². The zero-order valence-corrected chi connectivity index (χ0v) is 9.10. The third-order valence-electron chi connectivity index (χ3n) is 1.67. The molecule has 1 rings (SSSR count). The molecule has 0 aliphatic heterocycles. The van der Waals surface area contributed by atoms with Crippen LogP contribution >= 0.6 is 34.8 Å². The van der Waals surface area contributed by atoms with Crippen LogP contribution in [0.2, 0.25) is 5.02 Å². The second kappa shape index (κ2) is 4.78. The van der Waals surface area contributed by atoms with E-state index in [1.165, 1.54) is 6.07 Å². The molecule has 0 heterocycles. The predicted molar refractivity (Wildman–Crippen MR) is 55.9 cm³/mol. The molecular weight excluding hydrogens is 246 g/mol. The summed E-state index contributed by atoms with van der Waals surface area (Å²) in [6, 6.07) is 6.42. The molecule has 0 N–H and O–H groups in total. The fourth-order valence-electron chi connectivity index (χ4n) is 1.04. The topological polar surface area (TPSA) is 34.1 Å². The number of carbonyl (C=O) groups is 2. The van der Waals surface area contributed by atoms with Gasteiger partial charge in [-0.25, -0.2) is 0 Å². The van der Waals surface area contributed by atoms with Crippen LogP contribution in [0.1, 0.15) is 11.5 Å². The molecule has 1 aromatic carbocycles. The van der Waals surface area contributed by atoms with E-state index in [-0.39, 0.29) is 0 Å². The monoisotopic (exact) mass is 250 g/mol. The zero-order valence-electron chi connectivity index (χ0n) is 6.84. The van der Waals surface area contributed by atoms with Crippen molar-refractivity contribution in [2.75, 3.05) is 0 Å². The van der Waals surface area contributed by atoms with Gasteiger partial charge in [0.1, 0.15) is 5.92 Å². The van der Waals surface area contributed by atoms with E-state index < -0.39 is 16.4 Å². The highest BCUT2D eigenvalue weighted by atomic mass is 35.5. The van der Waals surface area contributed by atoms with Crippen molar-refractivity contribution in [2.45, 2.75) is 5.92 Å². The summed E-state index contributed by atoms with van der Waals surface area (Å²) in [4.78, 5) is 21.9. The van der Waals surface area contributed by atoms with E-state index in [0.717, 1.165) is 0 Å². The lowest BCUT2D eigenvalue weighted by molar-refractivity contribution is -0.120. The van der Waals surface area contributed by atoms with Crippen LogP contribution in [0.3, 0.4) is 0 Å². The van der Waals surface area contributed by atoms with Crippen molar-refractivity contribution in [3.05, 3.63) is 34.9 Å². The third kappa shape index (κ3) is 2.47. The van der Waals surface area contributed by atoms with E-state index >= 15 is 0 Å². The summed E-state index contributed by atoms with van der Waals surface area (Å²) in [5.41, 5.74) is 0.328. The fraction of sp³-hybridized carbons (Fsp3) is 0.111. The molecule has 0 bridgehead atoms. The van der Waals surface area contributed by atoms with Gasteiger partial charge < -0.3 is 0 Å². The van der Waals surface area contributed by atoms with Crippen LogP contribution in [-0.2, 0) is 9.59 Å². The van der Waals surface area contributed by atoms with Crippen LogP contribution in [0.25, 0.3) is 0 Å². The molecule has 0 radical (unpaired) electrons. The minimum absolute atomic E-state index is 0.292. The van der Waals surface area contributed by atoms with Gasteiger partial charge in [-0.2, -0.15) is 0 Å². The number of halogens is 3. The Kier molecular flexibility index (Phi) is 3.93. The van der Waals surface area contributed by atoms with Crippen LogP contribution in [0.4, 0.5) is 0 Å². The van der Waals surface area contributed by atoms with E-state index in [2.05, 4.69) is 0 Å². The summed E-state index contributed by atoms with van der Waals surface area (Å²) in [6.45, 7) is 0. The minimum atomic E-state index is -1.19. The first kappa shape index (κ1) is 11.5. The highest BCUT2D eigenvalue weighted by Crippen LogP contribution is 2.27. The molecule has 0 aromatic heterocycles. The van der Waals surface area contributed by atoms with Crippen molar-refractivity contribution in [2.24, 2.45) is 0 Å². The Morgan fingerprint density at radius 2 is 1.57 bits per heavy atom. The van der Waals surface area contributed by atoms with E-state index in [1.807, 2.05) is 0 Å². The lowest BCUT2D eigenvalue weighted by Crippen LogP contribution is -2.14. The van der Waals surface area contributed by atoms with Crippen LogP contribution < -0.4 is 0 Å². The number of carbonyl (C=O) groups excluding carboxylic acids is 2. The number of benzene rings is 1. The summed E-state index contributed by atoms with van der Waals surface area (Å²) < 4.78 is 0. The molecule has 1 aromatic rings. The molecule has 14 heavy (non-hydrogen) atoms. The first-order chi connectivity index (χ1) is 6.54. The van der Waals surface area contributed by atoms with Gasteiger partial charge in [-0.05, 0) is 34.8 Å². The summed E-state index contributed by atoms with van der Waals surface area (Å²) in [6.07, 6.45) is 0. The summed E-state index contributed by atoms with van der Waals surface area (Å²) in [7, 11) is 0. The second-order valence-electron chi connectivity index (χ2n) is 2.56. The smallest absolute Gasteiger partial charge is 0.237 e. The summed E-state index contributed by atoms with van der Waals surface area (Å²) >= 11 is 16.3. The van der Waals surface area contributed by atoms with Crippen molar-refractivity contribution in [3.63, 3.8) is 0 Å². The zero-order chi connectivity index (χ0) is 10.7. The maximum absolute atomic E-state index is 10.9. The molecule has 2 nitrogen and oxygen atoms in total. The SMILES string of the molecule is O=C(Cl)C(C(=O)Cl)c1ccccc1Cl. The molecule has 0 atom stereocenters. The van der Waals surface area contributed by atoms with E-state index in [0.29, 0.717) is 10.6 Å². The minimum Gasteiger partial charge on any atom is -0.280 e. The molecule has 0 saturated heterocycles. The Balaban J connectivity index is 3.18. The van der Waals surface area contributed by atoms with E-state index in [1.54, 1.807) is 18.2 Å². The lowest BCUT2D eigenvalue weighted by atomic mass is 10.0. The maximum Gasteiger partial charge on any atom is 0.237 e. The first-order valence-corrected chi connectivity index (χ1v) is 4.80. The molecule has 0 fully saturated rings. The third-order valence-corrected chi connectivity index (χ3v) is 2.45. The molecule has 0 amide bonds. The number of hydrogen-bond acceptors (Lipinski definition) is 2. The Labute approximate surface area is 95.8 Å². The molecule has 0 spiro atoms. The summed E-state index contributed by atoms with van der Waals surface area (Å²) in [5.74, 6) is -1.19. The largest absolute Gasteiger partial charge is 0.280 e. The average Bonchev–Trinajstić information content (AvgIpc) is 2.07. The fourth-order valence-corrected chi connectivity index (χ4v) is 1.78. The normalized spacial score (nSPS) is 10.3. The van der Waals surface area contributed by atoms with Crippen LogP contribution in [0, 0.1) is 0 Å². The maximum atomic E-state index is 10.9. The van der Waals surface area contributed by atoms with Crippen molar-refractivity contribution >= 4 is 45.3 Å². The standard InChI is InChI=1S/C9H5Cl3O2/c10-6-4-2-1-3-5(6)7(8(11)13)9(12)14/h1-4,7H. The lowest BCUT2D eigenvalue weighted by Gasteiger charge is -2.09. The first-order valence-electron chi connectivity index (χ1n) is 3.67. The summed E-state index contributed by atoms with van der Waals surface area (Å²) in [5, 5.41) is -1.38. The van der Waals surface area contributed by atoms with Gasteiger partial charge in [0.15, 0.2) is 0 Å². The average molecular weight is 251 g/mol. The molecule has 0 aliphatic rings. The van der Waals surface area contributed by atoms with E-state index in [9.17, 15) is 9.59 Å². The van der Waals surface area contributed by atoms with Crippen LogP contribution in [0.5, 0.6) is 0 Å². The van der Waals surface area contributed by atoms with Gasteiger partial charge in [0.2, 0.25) is 10.5 Å². The molecule has 0 aliphatic carbocycles. The molecule has 0 unspecified atom stereocenters. The molecular formula is C9H5Cl3O2. The van der Waals surface area contributed by atoms with Crippen molar-refractivity contribution in [1.82, 2.24) is 0 Å². The molecule has 5 heteroatoms.